The molecule has 1 aliphatic carbocycles. The van der Waals surface area contributed by atoms with Crippen LogP contribution in [-0.2, 0) is 24.1 Å². The van der Waals surface area contributed by atoms with Gasteiger partial charge in [-0.25, -0.2) is 0 Å². The lowest BCUT2D eigenvalue weighted by atomic mass is 10.0. The average molecular weight is 284 g/mol. The van der Waals surface area contributed by atoms with Crippen LogP contribution in [0.25, 0.3) is 0 Å². The van der Waals surface area contributed by atoms with Crippen LogP contribution in [-0.4, -0.2) is 11.8 Å². The third-order valence-electron chi connectivity index (χ3n) is 3.59. The fraction of sp³-hybridized carbons (Fsp3) is 0.250. The van der Waals surface area contributed by atoms with Crippen molar-refractivity contribution >= 4 is 11.8 Å². The van der Waals surface area contributed by atoms with Crippen molar-refractivity contribution in [1.29, 1.82) is 0 Å². The molecule has 0 atom stereocenters. The van der Waals surface area contributed by atoms with Crippen LogP contribution in [0.5, 0.6) is 0 Å². The van der Waals surface area contributed by atoms with E-state index in [-0.39, 0.29) is 18.1 Å². The molecule has 0 spiro atoms. The maximum absolute atomic E-state index is 11.8. The molecule has 5 nitrogen and oxygen atoms in total. The minimum absolute atomic E-state index is 0.160. The maximum Gasteiger partial charge on any atom is 0.305 e. The van der Waals surface area contributed by atoms with Crippen molar-refractivity contribution in [3.8, 4) is 0 Å². The first-order chi connectivity index (χ1) is 10.2. The number of fused-ring (bicyclic) bond motifs is 1. The van der Waals surface area contributed by atoms with Gasteiger partial charge in [0.1, 0.15) is 0 Å². The predicted molar refractivity (Wildman–Crippen MR) is 76.5 cm³/mol. The summed E-state index contributed by atoms with van der Waals surface area (Å²) in [6.07, 6.45) is 5.04. The van der Waals surface area contributed by atoms with Gasteiger partial charge in [0.25, 0.3) is 0 Å². The van der Waals surface area contributed by atoms with E-state index in [1.807, 2.05) is 6.07 Å². The van der Waals surface area contributed by atoms with Gasteiger partial charge in [0.2, 0.25) is 5.91 Å². The van der Waals surface area contributed by atoms with Gasteiger partial charge in [-0.05, 0) is 48.1 Å². The van der Waals surface area contributed by atoms with E-state index in [0.29, 0.717) is 0 Å². The van der Waals surface area contributed by atoms with Crippen LogP contribution >= 0.6 is 0 Å². The number of carbonyl (C=O) groups excluding carboxylic acids is 2. The lowest BCUT2D eigenvalue weighted by molar-refractivity contribution is -0.121. The summed E-state index contributed by atoms with van der Waals surface area (Å²) < 4.78 is 4.93. The Kier molecular flexibility index (Phi) is 3.73. The molecule has 0 radical (unpaired) electrons. The van der Waals surface area contributed by atoms with Crippen LogP contribution in [0.4, 0.5) is 0 Å². The predicted octanol–water partition coefficient (Wildman–Crippen LogP) is 1.77. The Morgan fingerprint density at radius 1 is 1.10 bits per heavy atom. The Labute approximate surface area is 122 Å². The largest absolute Gasteiger partial charge is 0.459 e. The molecular formula is C16H16N2O3. The van der Waals surface area contributed by atoms with Crippen molar-refractivity contribution in [3.05, 3.63) is 59.0 Å². The molecule has 1 aromatic carbocycles. The van der Waals surface area contributed by atoms with Crippen LogP contribution in [0.1, 0.15) is 33.7 Å². The van der Waals surface area contributed by atoms with E-state index >= 15 is 0 Å². The highest BCUT2D eigenvalue weighted by atomic mass is 16.3. The second-order valence-corrected chi connectivity index (χ2v) is 5.11. The summed E-state index contributed by atoms with van der Waals surface area (Å²) >= 11 is 0. The minimum atomic E-state index is -0.470. The SMILES string of the molecule is O=C(Cc1ccc2c(c1)CCC2)NNC(=O)c1ccco1. The first-order valence-electron chi connectivity index (χ1n) is 6.96. The number of benzene rings is 1. The van der Waals surface area contributed by atoms with Gasteiger partial charge < -0.3 is 4.42 Å². The molecular weight excluding hydrogens is 268 g/mol. The Hall–Kier alpha value is -2.56. The van der Waals surface area contributed by atoms with E-state index in [9.17, 15) is 9.59 Å². The number of nitrogens with one attached hydrogen (secondary N) is 2. The summed E-state index contributed by atoms with van der Waals surface area (Å²) in [5, 5.41) is 0. The maximum atomic E-state index is 11.8. The van der Waals surface area contributed by atoms with Crippen LogP contribution in [0.2, 0.25) is 0 Å². The van der Waals surface area contributed by atoms with E-state index in [4.69, 9.17) is 4.42 Å². The lowest BCUT2D eigenvalue weighted by Crippen LogP contribution is -2.42. The second kappa shape index (κ2) is 5.83. The van der Waals surface area contributed by atoms with E-state index in [1.54, 1.807) is 6.07 Å². The first kappa shape index (κ1) is 13.4. The van der Waals surface area contributed by atoms with Gasteiger partial charge in [-0.1, -0.05) is 18.2 Å². The van der Waals surface area contributed by atoms with E-state index < -0.39 is 5.91 Å². The highest BCUT2D eigenvalue weighted by Crippen LogP contribution is 2.22. The molecule has 5 heteroatoms. The van der Waals surface area contributed by atoms with Crippen molar-refractivity contribution in [1.82, 2.24) is 10.9 Å². The number of amides is 2. The highest BCUT2D eigenvalue weighted by molar-refractivity contribution is 5.93. The van der Waals surface area contributed by atoms with E-state index in [1.165, 1.54) is 29.9 Å². The van der Waals surface area contributed by atoms with Gasteiger partial charge in [-0.2, -0.15) is 0 Å². The number of hydrogen-bond acceptors (Lipinski definition) is 3. The second-order valence-electron chi connectivity index (χ2n) is 5.11. The van der Waals surface area contributed by atoms with Crippen molar-refractivity contribution < 1.29 is 14.0 Å². The molecule has 1 aliphatic rings. The normalized spacial score (nSPS) is 12.8. The van der Waals surface area contributed by atoms with E-state index in [0.717, 1.165) is 18.4 Å². The number of carbonyl (C=O) groups is 2. The number of rotatable bonds is 3. The molecule has 21 heavy (non-hydrogen) atoms. The molecule has 0 bridgehead atoms. The zero-order valence-corrected chi connectivity index (χ0v) is 11.5. The molecule has 0 fully saturated rings. The summed E-state index contributed by atoms with van der Waals surface area (Å²) in [6, 6.07) is 9.28. The third-order valence-corrected chi connectivity index (χ3v) is 3.59. The third kappa shape index (κ3) is 3.13. The Balaban J connectivity index is 1.53. The molecule has 1 heterocycles. The van der Waals surface area contributed by atoms with Gasteiger partial charge in [0.15, 0.2) is 5.76 Å². The van der Waals surface area contributed by atoms with Crippen LogP contribution in [0.15, 0.2) is 41.0 Å². The monoisotopic (exact) mass is 284 g/mol. The van der Waals surface area contributed by atoms with Crippen molar-refractivity contribution in [2.45, 2.75) is 25.7 Å². The molecule has 0 aliphatic heterocycles. The molecule has 3 rings (SSSR count). The minimum Gasteiger partial charge on any atom is -0.459 e. The summed E-state index contributed by atoms with van der Waals surface area (Å²) in [7, 11) is 0. The van der Waals surface area contributed by atoms with Gasteiger partial charge in [0.05, 0.1) is 12.7 Å². The van der Waals surface area contributed by atoms with Crippen molar-refractivity contribution in [2.24, 2.45) is 0 Å². The van der Waals surface area contributed by atoms with Gasteiger partial charge in [0, 0.05) is 0 Å². The zero-order valence-electron chi connectivity index (χ0n) is 11.5. The van der Waals surface area contributed by atoms with E-state index in [2.05, 4.69) is 23.0 Å². The molecule has 0 saturated heterocycles. The summed E-state index contributed by atoms with van der Waals surface area (Å²) in [5.74, 6) is -0.567. The van der Waals surface area contributed by atoms with Gasteiger partial charge >= 0.3 is 5.91 Å². The summed E-state index contributed by atoms with van der Waals surface area (Å²) in [5.41, 5.74) is 8.39. The van der Waals surface area contributed by atoms with Crippen LogP contribution in [0.3, 0.4) is 0 Å². The zero-order chi connectivity index (χ0) is 14.7. The molecule has 0 saturated carbocycles. The standard InChI is InChI=1S/C16H16N2O3/c19-15(17-18-16(20)14-5-2-8-21-14)10-11-6-7-12-3-1-4-13(12)9-11/h2,5-9H,1,3-4,10H2,(H,17,19)(H,18,20). The number of furan rings is 1. The molecule has 2 amide bonds. The summed E-state index contributed by atoms with van der Waals surface area (Å²) in [6.45, 7) is 0. The fourth-order valence-electron chi connectivity index (χ4n) is 2.56. The fourth-order valence-corrected chi connectivity index (χ4v) is 2.56. The average Bonchev–Trinajstić information content (AvgIpc) is 3.15. The Morgan fingerprint density at radius 3 is 2.76 bits per heavy atom. The first-order valence-corrected chi connectivity index (χ1v) is 6.96. The highest BCUT2D eigenvalue weighted by Gasteiger charge is 2.13. The number of hydrazine groups is 1. The molecule has 108 valence electrons. The molecule has 0 unspecified atom stereocenters. The van der Waals surface area contributed by atoms with Crippen LogP contribution in [0, 0.1) is 0 Å². The Bertz CT molecular complexity index is 662. The number of hydrogen-bond donors (Lipinski definition) is 2. The van der Waals surface area contributed by atoms with Gasteiger partial charge in [-0.3, -0.25) is 20.4 Å². The lowest BCUT2D eigenvalue weighted by Gasteiger charge is -2.07. The topological polar surface area (TPSA) is 71.3 Å². The molecule has 2 N–H and O–H groups in total. The van der Waals surface area contributed by atoms with Crippen LogP contribution < -0.4 is 10.9 Å². The van der Waals surface area contributed by atoms with Crippen molar-refractivity contribution in [3.63, 3.8) is 0 Å². The Morgan fingerprint density at radius 2 is 1.95 bits per heavy atom. The number of aryl methyl sites for hydroxylation is 2. The smallest absolute Gasteiger partial charge is 0.305 e. The quantitative estimate of drug-likeness (QED) is 0.844. The molecule has 2 aromatic rings. The van der Waals surface area contributed by atoms with Gasteiger partial charge in [-0.15, -0.1) is 0 Å². The summed E-state index contributed by atoms with van der Waals surface area (Å²) in [4.78, 5) is 23.4. The van der Waals surface area contributed by atoms with Crippen molar-refractivity contribution in [2.75, 3.05) is 0 Å². The molecule has 1 aromatic heterocycles.